The van der Waals surface area contributed by atoms with E-state index < -0.39 is 11.9 Å². The molecule has 5 nitrogen and oxygen atoms in total. The number of carboxylic acid groups (broad SMARTS) is 1. The summed E-state index contributed by atoms with van der Waals surface area (Å²) in [6.07, 6.45) is 0.0344. The molecule has 0 amide bonds. The van der Waals surface area contributed by atoms with Gasteiger partial charge in [0.25, 0.3) is 0 Å². The van der Waals surface area contributed by atoms with Crippen LogP contribution in [-0.4, -0.2) is 23.5 Å². The number of aromatic amines is 1. The smallest absolute Gasteiger partial charge is 0.550 e. The van der Waals surface area contributed by atoms with Gasteiger partial charge in [-0.25, -0.2) is 4.79 Å². The average molecular weight is 332 g/mol. The van der Waals surface area contributed by atoms with E-state index in [4.69, 9.17) is 16.3 Å². The molecule has 7 heteroatoms. The Morgan fingerprint density at radius 3 is 2.68 bits per heavy atom. The number of rotatable bonds is 6. The molecule has 0 saturated heterocycles. The maximum Gasteiger partial charge on any atom is 1.00 e. The van der Waals surface area contributed by atoms with Crippen LogP contribution in [0.25, 0.3) is 10.9 Å². The van der Waals surface area contributed by atoms with E-state index in [0.29, 0.717) is 17.1 Å². The number of carbonyl (C=O) groups is 2. The third-order valence-corrected chi connectivity index (χ3v) is 3.49. The summed E-state index contributed by atoms with van der Waals surface area (Å²) < 4.78 is 5.00. The summed E-state index contributed by atoms with van der Waals surface area (Å²) in [6.45, 7) is 1.97. The Morgan fingerprint density at radius 1 is 1.36 bits per heavy atom. The summed E-state index contributed by atoms with van der Waals surface area (Å²) in [5.41, 5.74) is 2.56. The van der Waals surface area contributed by atoms with Crippen LogP contribution < -0.4 is 34.7 Å². The van der Waals surface area contributed by atoms with Gasteiger partial charge in [-0.3, -0.25) is 0 Å². The number of hydrogen-bond acceptors (Lipinski definition) is 4. The summed E-state index contributed by atoms with van der Waals surface area (Å²) in [5, 5.41) is 11.5. The second-order valence-electron chi connectivity index (χ2n) is 4.58. The molecule has 0 atom stereocenters. The van der Waals surface area contributed by atoms with E-state index in [2.05, 4.69) is 4.98 Å². The second-order valence-corrected chi connectivity index (χ2v) is 4.85. The quantitative estimate of drug-likeness (QED) is 0.408. The maximum absolute atomic E-state index is 12.0. The van der Waals surface area contributed by atoms with Crippen molar-refractivity contribution in [3.63, 3.8) is 0 Å². The van der Waals surface area contributed by atoms with Gasteiger partial charge >= 0.3 is 35.5 Å². The number of halogens is 1. The van der Waals surface area contributed by atoms with Crippen molar-refractivity contribution in [3.8, 4) is 0 Å². The Labute approximate surface area is 155 Å². The summed E-state index contributed by atoms with van der Waals surface area (Å²) in [5.74, 6) is -1.31. The van der Waals surface area contributed by atoms with Crippen LogP contribution in [0, 0.1) is 0 Å². The molecular formula is C15H15ClNNaO4. The Hall–Kier alpha value is -1.01. The van der Waals surface area contributed by atoms with Crippen molar-refractivity contribution >= 4 is 34.4 Å². The SMILES string of the molecule is CCOC(=O)c1[nH]c2ccc(CCl)cc2c1CCC(=O)[O-].[Na+]. The minimum absolute atomic E-state index is 0. The molecule has 112 valence electrons. The van der Waals surface area contributed by atoms with Crippen LogP contribution in [0.5, 0.6) is 0 Å². The zero-order valence-electron chi connectivity index (χ0n) is 12.6. The number of nitrogens with one attached hydrogen (secondary N) is 1. The van der Waals surface area contributed by atoms with Gasteiger partial charge in [0.1, 0.15) is 5.69 Å². The van der Waals surface area contributed by atoms with Gasteiger partial charge in [-0.05, 0) is 43.0 Å². The van der Waals surface area contributed by atoms with Crippen LogP contribution >= 0.6 is 11.6 Å². The first kappa shape index (κ1) is 19.0. The fourth-order valence-electron chi connectivity index (χ4n) is 2.24. The third kappa shape index (κ3) is 4.26. The minimum atomic E-state index is -1.16. The molecule has 1 N–H and O–H groups in total. The molecule has 0 saturated carbocycles. The predicted molar refractivity (Wildman–Crippen MR) is 77.1 cm³/mol. The minimum Gasteiger partial charge on any atom is -0.550 e. The summed E-state index contributed by atoms with van der Waals surface area (Å²) in [7, 11) is 0. The van der Waals surface area contributed by atoms with Gasteiger partial charge in [-0.15, -0.1) is 11.6 Å². The van der Waals surface area contributed by atoms with E-state index in [0.717, 1.165) is 16.5 Å². The monoisotopic (exact) mass is 331 g/mol. The zero-order chi connectivity index (χ0) is 15.4. The maximum atomic E-state index is 12.0. The van der Waals surface area contributed by atoms with Crippen LogP contribution in [0.4, 0.5) is 0 Å². The fraction of sp³-hybridized carbons (Fsp3) is 0.333. The number of aliphatic carboxylic acids is 1. The molecule has 0 aliphatic rings. The van der Waals surface area contributed by atoms with Crippen LogP contribution in [0.3, 0.4) is 0 Å². The topological polar surface area (TPSA) is 82.2 Å². The van der Waals surface area contributed by atoms with Crippen molar-refractivity contribution in [1.29, 1.82) is 0 Å². The first-order chi connectivity index (χ1) is 10.1. The number of aryl methyl sites for hydroxylation is 1. The van der Waals surface area contributed by atoms with Crippen molar-refractivity contribution in [2.24, 2.45) is 0 Å². The van der Waals surface area contributed by atoms with E-state index in [9.17, 15) is 14.7 Å². The Morgan fingerprint density at radius 2 is 2.09 bits per heavy atom. The van der Waals surface area contributed by atoms with Crippen LogP contribution in [0.15, 0.2) is 18.2 Å². The van der Waals surface area contributed by atoms with Crippen molar-refractivity contribution in [2.45, 2.75) is 25.6 Å². The molecule has 0 aliphatic heterocycles. The Bertz CT molecular complexity index is 683. The predicted octanol–water partition coefficient (Wildman–Crippen LogP) is -1.23. The first-order valence-electron chi connectivity index (χ1n) is 6.63. The number of H-pyrrole nitrogens is 1. The van der Waals surface area contributed by atoms with E-state index in [1.54, 1.807) is 6.92 Å². The van der Waals surface area contributed by atoms with Gasteiger partial charge in [0, 0.05) is 22.8 Å². The average Bonchev–Trinajstić information content (AvgIpc) is 2.83. The third-order valence-electron chi connectivity index (χ3n) is 3.18. The molecule has 0 unspecified atom stereocenters. The first-order valence-corrected chi connectivity index (χ1v) is 7.16. The number of esters is 1. The normalized spacial score (nSPS) is 10.3. The van der Waals surface area contributed by atoms with Crippen LogP contribution in [-0.2, 0) is 21.8 Å². The molecule has 0 bridgehead atoms. The molecule has 22 heavy (non-hydrogen) atoms. The molecule has 0 aliphatic carbocycles. The standard InChI is InChI=1S/C15H16ClNO4.Na/c1-2-21-15(20)14-10(4-6-13(18)19)11-7-9(8-16)3-5-12(11)17-14;/h3,5,7,17H,2,4,6,8H2,1H3,(H,18,19);/q;+1/p-1. The van der Waals surface area contributed by atoms with Crippen molar-refractivity contribution in [2.75, 3.05) is 6.61 Å². The summed E-state index contributed by atoms with van der Waals surface area (Å²) in [6, 6.07) is 5.52. The van der Waals surface area contributed by atoms with E-state index >= 15 is 0 Å². The molecule has 0 radical (unpaired) electrons. The van der Waals surface area contributed by atoms with Gasteiger partial charge in [0.15, 0.2) is 0 Å². The largest absolute Gasteiger partial charge is 1.00 e. The van der Waals surface area contributed by atoms with Gasteiger partial charge in [-0.2, -0.15) is 0 Å². The summed E-state index contributed by atoms with van der Waals surface area (Å²) >= 11 is 5.82. The van der Waals surface area contributed by atoms with E-state index in [-0.39, 0.29) is 49.0 Å². The number of carbonyl (C=O) groups excluding carboxylic acids is 2. The van der Waals surface area contributed by atoms with Gasteiger partial charge < -0.3 is 19.6 Å². The number of ether oxygens (including phenoxy) is 1. The molecule has 0 spiro atoms. The number of benzene rings is 1. The molecular weight excluding hydrogens is 317 g/mol. The van der Waals surface area contributed by atoms with Gasteiger partial charge in [0.2, 0.25) is 0 Å². The zero-order valence-corrected chi connectivity index (χ0v) is 15.3. The number of alkyl halides is 1. The molecule has 1 aromatic carbocycles. The van der Waals surface area contributed by atoms with Crippen molar-refractivity contribution < 1.29 is 49.0 Å². The molecule has 2 aromatic rings. The molecule has 1 aromatic heterocycles. The molecule has 2 rings (SSSR count). The summed E-state index contributed by atoms with van der Waals surface area (Å²) in [4.78, 5) is 25.7. The second kappa shape index (κ2) is 8.58. The molecule has 1 heterocycles. The number of aromatic nitrogens is 1. The number of carboxylic acids is 1. The Kier molecular flexibility index (Phi) is 7.42. The van der Waals surface area contributed by atoms with Crippen molar-refractivity contribution in [3.05, 3.63) is 35.0 Å². The van der Waals surface area contributed by atoms with Gasteiger partial charge in [0.05, 0.1) is 6.61 Å². The van der Waals surface area contributed by atoms with E-state index in [1.807, 2.05) is 18.2 Å². The van der Waals surface area contributed by atoms with Gasteiger partial charge in [-0.1, -0.05) is 6.07 Å². The number of hydrogen-bond donors (Lipinski definition) is 1. The number of fused-ring (bicyclic) bond motifs is 1. The van der Waals surface area contributed by atoms with Crippen molar-refractivity contribution in [1.82, 2.24) is 4.98 Å². The Balaban J connectivity index is 0.00000242. The fourth-order valence-corrected chi connectivity index (χ4v) is 2.41. The van der Waals surface area contributed by atoms with Crippen LogP contribution in [0.1, 0.15) is 35.0 Å². The van der Waals surface area contributed by atoms with Crippen LogP contribution in [0.2, 0.25) is 0 Å². The molecule has 0 fully saturated rings. The van der Waals surface area contributed by atoms with E-state index in [1.165, 1.54) is 0 Å².